The van der Waals surface area contributed by atoms with Gasteiger partial charge in [0.2, 0.25) is 0 Å². The average molecular weight is 1100 g/mol. The summed E-state index contributed by atoms with van der Waals surface area (Å²) in [6.45, 7) is 0. The Kier molecular flexibility index (Phi) is 14.5. The van der Waals surface area contributed by atoms with E-state index in [1.54, 1.807) is 0 Å². The molecule has 0 spiro atoms. The quantitative estimate of drug-likeness (QED) is 0.0953. The average Bonchev–Trinajstić information content (AvgIpc) is 3.20. The van der Waals surface area contributed by atoms with E-state index in [4.69, 9.17) is 0 Å². The predicted molar refractivity (Wildman–Crippen MR) is 174 cm³/mol. The van der Waals surface area contributed by atoms with Crippen LogP contribution in [0.4, 0.5) is 149 Å². The molecule has 0 heterocycles. The number of alkyl halides is 21. The first-order chi connectivity index (χ1) is 32.1. The van der Waals surface area contributed by atoms with Crippen LogP contribution >= 0.6 is 0 Å². The molecule has 6 nitrogen and oxygen atoms in total. The minimum absolute atomic E-state index is 1.14. The fourth-order valence-electron chi connectivity index (χ4n) is 5.92. The lowest BCUT2D eigenvalue weighted by Crippen LogP contribution is -2.67. The van der Waals surface area contributed by atoms with Crippen molar-refractivity contribution in [2.24, 2.45) is 0 Å². The number of anilines is 3. The second-order valence-electron chi connectivity index (χ2n) is 13.7. The molecule has 4 aromatic rings. The highest BCUT2D eigenvalue weighted by atomic mass is 19.5. The standard InChI is InChI=1S/C36H9F30N3O3/c37-13-4-19(43)22(7-16(13)40)67(28(46,31(49,50)51)32(52,53)54)25(70)10-1-11(26(71)68(23-8-17(41)14(38)5-20(23)44)29(47,33(55,56)57)34(58,59)60)3-12(2-10)27(72)69(24-9-18(42)15(39)6-21(24)45)30(48,35(61,62)63)36(64,65)66/h1-9H. The smallest absolute Gasteiger partial charge is 0.269 e. The molecular formula is C36H9F30N3O3. The van der Waals surface area contributed by atoms with E-state index in [0.717, 1.165) is 0 Å². The molecule has 0 aliphatic carbocycles. The molecule has 3 amide bonds. The molecule has 0 saturated heterocycles. The van der Waals surface area contributed by atoms with Gasteiger partial charge >= 0.3 is 54.4 Å². The van der Waals surface area contributed by atoms with Crippen molar-refractivity contribution < 1.29 is 146 Å². The molecule has 0 radical (unpaired) electrons. The number of carbonyl (C=O) groups is 3. The van der Waals surface area contributed by atoms with Crippen LogP contribution in [0.25, 0.3) is 0 Å². The van der Waals surface area contributed by atoms with Crippen molar-refractivity contribution in [2.75, 3.05) is 14.7 Å². The van der Waals surface area contributed by atoms with E-state index < -0.39 is 228 Å². The van der Waals surface area contributed by atoms with Crippen LogP contribution in [0.15, 0.2) is 54.6 Å². The Morgan fingerprint density at radius 1 is 0.250 bits per heavy atom. The molecule has 0 atom stereocenters. The maximum Gasteiger partial charge on any atom is 0.452 e. The zero-order valence-corrected chi connectivity index (χ0v) is 32.6. The number of rotatable bonds is 9. The molecule has 396 valence electrons. The van der Waals surface area contributed by atoms with Crippen molar-refractivity contribution >= 4 is 34.8 Å². The van der Waals surface area contributed by atoms with Crippen LogP contribution in [0.1, 0.15) is 31.1 Å². The number of halogens is 30. The van der Waals surface area contributed by atoms with Crippen LogP contribution < -0.4 is 14.7 Å². The van der Waals surface area contributed by atoms with Gasteiger partial charge in [-0.15, -0.1) is 0 Å². The fraction of sp³-hybridized carbons (Fsp3) is 0.250. The van der Waals surface area contributed by atoms with E-state index in [1.165, 1.54) is 0 Å². The van der Waals surface area contributed by atoms with Gasteiger partial charge in [-0.3, -0.25) is 29.1 Å². The third-order valence-electron chi connectivity index (χ3n) is 9.15. The summed E-state index contributed by atoms with van der Waals surface area (Å²) in [5.74, 6) is -62.0. The van der Waals surface area contributed by atoms with Gasteiger partial charge in [-0.25, -0.2) is 39.5 Å². The van der Waals surface area contributed by atoms with E-state index in [1.807, 2.05) is 0 Å². The SMILES string of the molecule is O=C(c1cc(C(=O)N(c2cc(F)c(F)cc2F)C(F)(C(F)(F)F)C(F)(F)F)cc(C(=O)N(c2cc(F)c(F)cc2F)C(F)(C(F)(F)F)C(F)(F)F)c1)N(c1cc(F)c(F)cc1F)C(F)(C(F)(F)F)C(F)(F)F. The van der Waals surface area contributed by atoms with Gasteiger partial charge < -0.3 is 0 Å². The van der Waals surface area contributed by atoms with Gasteiger partial charge in [-0.2, -0.15) is 92.2 Å². The van der Waals surface area contributed by atoms with Gasteiger partial charge in [0.15, 0.2) is 34.9 Å². The van der Waals surface area contributed by atoms with E-state index in [9.17, 15) is 120 Å². The Morgan fingerprint density at radius 3 is 0.556 bits per heavy atom. The Labute approximate surface area is 374 Å². The summed E-state index contributed by atoms with van der Waals surface area (Å²) in [5, 5.41) is 0. The Hall–Kier alpha value is -6.81. The molecule has 0 aliphatic heterocycles. The molecule has 4 rings (SSSR count). The highest BCUT2D eigenvalue weighted by Gasteiger charge is 2.80. The van der Waals surface area contributed by atoms with Gasteiger partial charge in [-0.1, -0.05) is 0 Å². The molecular weight excluding hydrogens is 1090 g/mol. The van der Waals surface area contributed by atoms with E-state index in [2.05, 4.69) is 0 Å². The summed E-state index contributed by atoms with van der Waals surface area (Å²) in [6.07, 6.45) is -47.6. The zero-order valence-electron chi connectivity index (χ0n) is 32.6. The Morgan fingerprint density at radius 2 is 0.403 bits per heavy atom. The largest absolute Gasteiger partial charge is 0.452 e. The summed E-state index contributed by atoms with van der Waals surface area (Å²) in [7, 11) is 0. The number of amides is 3. The van der Waals surface area contributed by atoms with Gasteiger partial charge in [0, 0.05) is 53.1 Å². The van der Waals surface area contributed by atoms with E-state index in [0.29, 0.717) is 0 Å². The number of carbonyl (C=O) groups excluding carboxylic acids is 3. The lowest BCUT2D eigenvalue weighted by Gasteiger charge is -2.40. The maximum absolute atomic E-state index is 15.9. The number of hydrogen-bond acceptors (Lipinski definition) is 3. The molecule has 4 aromatic carbocycles. The minimum atomic E-state index is -7.94. The molecule has 0 aromatic heterocycles. The summed E-state index contributed by atoms with van der Waals surface area (Å²) < 4.78 is 434. The third kappa shape index (κ3) is 9.41. The van der Waals surface area contributed by atoms with Crippen molar-refractivity contribution in [3.05, 3.63) is 124 Å². The molecule has 36 heteroatoms. The fourth-order valence-corrected chi connectivity index (χ4v) is 5.92. The lowest BCUT2D eigenvalue weighted by molar-refractivity contribution is -0.338. The zero-order chi connectivity index (χ0) is 56.0. The van der Waals surface area contributed by atoms with Crippen LogP contribution in [-0.4, -0.2) is 72.2 Å². The molecule has 0 bridgehead atoms. The van der Waals surface area contributed by atoms with Gasteiger partial charge in [0.25, 0.3) is 17.7 Å². The second-order valence-corrected chi connectivity index (χ2v) is 13.7. The number of benzene rings is 4. The van der Waals surface area contributed by atoms with Crippen LogP contribution in [0.2, 0.25) is 0 Å². The maximum atomic E-state index is 15.9. The van der Waals surface area contributed by atoms with Gasteiger partial charge in [0.05, 0.1) is 17.1 Å². The van der Waals surface area contributed by atoms with E-state index in [-0.39, 0.29) is 0 Å². The molecule has 0 N–H and O–H groups in total. The first-order valence-corrected chi connectivity index (χ1v) is 17.2. The summed E-state index contributed by atoms with van der Waals surface area (Å²) in [6, 6.07) is -11.4. The molecule has 0 saturated carbocycles. The minimum Gasteiger partial charge on any atom is -0.269 e. The summed E-state index contributed by atoms with van der Waals surface area (Å²) in [5.41, 5.74) is -19.3. The van der Waals surface area contributed by atoms with Crippen molar-refractivity contribution in [1.82, 2.24) is 0 Å². The lowest BCUT2D eigenvalue weighted by atomic mass is 9.98. The highest BCUT2D eigenvalue weighted by molar-refractivity contribution is 6.15. The number of hydrogen-bond donors (Lipinski definition) is 0. The first-order valence-electron chi connectivity index (χ1n) is 17.2. The van der Waals surface area contributed by atoms with Gasteiger partial charge in [0.1, 0.15) is 17.5 Å². The van der Waals surface area contributed by atoms with Crippen molar-refractivity contribution in [1.29, 1.82) is 0 Å². The normalized spacial score (nSPS) is 13.6. The first kappa shape index (κ1) is 57.8. The molecule has 0 unspecified atom stereocenters. The Bertz CT molecular complexity index is 2460. The molecule has 0 aliphatic rings. The topological polar surface area (TPSA) is 60.9 Å². The van der Waals surface area contributed by atoms with Crippen LogP contribution in [0.3, 0.4) is 0 Å². The summed E-state index contributed by atoms with van der Waals surface area (Å²) >= 11 is 0. The number of nitrogens with zero attached hydrogens (tertiary/aromatic N) is 3. The van der Waals surface area contributed by atoms with E-state index >= 15 is 26.3 Å². The highest BCUT2D eigenvalue weighted by Crippen LogP contribution is 2.54. The predicted octanol–water partition coefficient (Wildman–Crippen LogP) is 13.3. The second kappa shape index (κ2) is 18.0. The van der Waals surface area contributed by atoms with Crippen molar-refractivity contribution in [2.45, 2.75) is 54.4 Å². The Balaban J connectivity index is 2.40. The monoisotopic (exact) mass is 1100 g/mol. The molecule has 0 fully saturated rings. The summed E-state index contributed by atoms with van der Waals surface area (Å²) in [4.78, 5) is 33.0. The van der Waals surface area contributed by atoms with Gasteiger partial charge in [-0.05, 0) is 18.2 Å². The van der Waals surface area contributed by atoms with Crippen molar-refractivity contribution in [3.63, 3.8) is 0 Å². The van der Waals surface area contributed by atoms with Crippen LogP contribution in [0.5, 0.6) is 0 Å². The van der Waals surface area contributed by atoms with Crippen LogP contribution in [0, 0.1) is 52.4 Å². The van der Waals surface area contributed by atoms with Crippen molar-refractivity contribution in [3.8, 4) is 0 Å². The third-order valence-corrected chi connectivity index (χ3v) is 9.15. The molecule has 72 heavy (non-hydrogen) atoms. The van der Waals surface area contributed by atoms with Crippen LogP contribution in [-0.2, 0) is 0 Å².